The molecule has 1 rings (SSSR count). The van der Waals surface area contributed by atoms with Crippen molar-refractivity contribution in [3.8, 4) is 0 Å². The van der Waals surface area contributed by atoms with Crippen molar-refractivity contribution in [3.63, 3.8) is 0 Å². The summed E-state index contributed by atoms with van der Waals surface area (Å²) in [6.07, 6.45) is 5.95. The van der Waals surface area contributed by atoms with Gasteiger partial charge in [-0.15, -0.1) is 12.6 Å². The number of hydrogen-bond donors (Lipinski definition) is 1. The average molecular weight is 176 g/mol. The van der Waals surface area contributed by atoms with Crippen LogP contribution in [-0.4, -0.2) is 0 Å². The van der Waals surface area contributed by atoms with E-state index in [-0.39, 0.29) is 0 Å². The van der Waals surface area contributed by atoms with Crippen LogP contribution in [0.15, 0.2) is 48.6 Å². The molecular formula is C11H12S. The van der Waals surface area contributed by atoms with Crippen LogP contribution < -0.4 is 0 Å². The topological polar surface area (TPSA) is 0 Å². The zero-order chi connectivity index (χ0) is 8.81. The minimum Gasteiger partial charge on any atom is -0.143 e. The van der Waals surface area contributed by atoms with E-state index in [1.807, 2.05) is 55.5 Å². The molecule has 0 aliphatic rings. The lowest BCUT2D eigenvalue weighted by atomic mass is 10.2. The third kappa shape index (κ3) is 2.59. The van der Waals surface area contributed by atoms with E-state index in [9.17, 15) is 0 Å². The minimum atomic E-state index is 0.994. The molecule has 1 aromatic carbocycles. The average Bonchev–Trinajstić information content (AvgIpc) is 2.15. The Bertz CT molecular complexity index is 283. The van der Waals surface area contributed by atoms with Crippen molar-refractivity contribution in [3.05, 3.63) is 54.1 Å². The van der Waals surface area contributed by atoms with E-state index in [1.54, 1.807) is 0 Å². The molecule has 0 atom stereocenters. The molecule has 0 heterocycles. The summed E-state index contributed by atoms with van der Waals surface area (Å²) in [7, 11) is 0. The maximum Gasteiger partial charge on any atom is 0.0112 e. The number of benzene rings is 1. The van der Waals surface area contributed by atoms with Gasteiger partial charge in [-0.2, -0.15) is 0 Å². The second-order valence-electron chi connectivity index (χ2n) is 2.44. The Morgan fingerprint density at radius 2 is 1.92 bits per heavy atom. The Balaban J connectivity index is 2.85. The molecule has 12 heavy (non-hydrogen) atoms. The zero-order valence-electron chi connectivity index (χ0n) is 7.07. The summed E-state index contributed by atoms with van der Waals surface area (Å²) in [4.78, 5) is 0.994. The summed E-state index contributed by atoms with van der Waals surface area (Å²) in [6, 6.07) is 10.1. The molecule has 1 aromatic rings. The maximum absolute atomic E-state index is 4.36. The van der Waals surface area contributed by atoms with Crippen molar-refractivity contribution in [1.82, 2.24) is 0 Å². The first-order valence-corrected chi connectivity index (χ1v) is 4.36. The smallest absolute Gasteiger partial charge is 0.0112 e. The van der Waals surface area contributed by atoms with Crippen molar-refractivity contribution in [1.29, 1.82) is 0 Å². The van der Waals surface area contributed by atoms with Gasteiger partial charge in [0.2, 0.25) is 0 Å². The lowest BCUT2D eigenvalue weighted by Gasteiger charge is -1.96. The molecule has 0 fully saturated rings. The van der Waals surface area contributed by atoms with E-state index in [0.29, 0.717) is 0 Å². The van der Waals surface area contributed by atoms with Crippen LogP contribution in [0.4, 0.5) is 0 Å². The fraction of sp³-hybridized carbons (Fsp3) is 0.0909. The monoisotopic (exact) mass is 176 g/mol. The molecule has 0 aliphatic carbocycles. The predicted molar refractivity (Wildman–Crippen MR) is 58.2 cm³/mol. The zero-order valence-corrected chi connectivity index (χ0v) is 7.96. The molecule has 0 nitrogen and oxygen atoms in total. The highest BCUT2D eigenvalue weighted by molar-refractivity contribution is 7.90. The number of hydrogen-bond acceptors (Lipinski definition) is 1. The maximum atomic E-state index is 4.36. The van der Waals surface area contributed by atoms with Crippen LogP contribution in [0.5, 0.6) is 0 Å². The van der Waals surface area contributed by atoms with Crippen molar-refractivity contribution in [2.45, 2.75) is 6.92 Å². The first-order valence-electron chi connectivity index (χ1n) is 3.92. The van der Waals surface area contributed by atoms with Gasteiger partial charge in [0.15, 0.2) is 0 Å². The lowest BCUT2D eigenvalue weighted by Crippen LogP contribution is -1.73. The third-order valence-corrected chi connectivity index (χ3v) is 1.92. The van der Waals surface area contributed by atoms with Crippen LogP contribution >= 0.6 is 12.6 Å². The Labute approximate surface area is 79.0 Å². The number of rotatable bonds is 2. The van der Waals surface area contributed by atoms with Gasteiger partial charge in [-0.25, -0.2) is 0 Å². The van der Waals surface area contributed by atoms with Crippen molar-refractivity contribution >= 4 is 17.5 Å². The molecule has 62 valence electrons. The fourth-order valence-electron chi connectivity index (χ4n) is 0.893. The highest BCUT2D eigenvalue weighted by Crippen LogP contribution is 2.17. The van der Waals surface area contributed by atoms with Crippen molar-refractivity contribution < 1.29 is 0 Å². The van der Waals surface area contributed by atoms with Crippen LogP contribution in [0.25, 0.3) is 4.91 Å². The first kappa shape index (κ1) is 9.14. The third-order valence-electron chi connectivity index (χ3n) is 1.52. The highest BCUT2D eigenvalue weighted by Gasteiger charge is 1.90. The Hall–Kier alpha value is -0.950. The summed E-state index contributed by atoms with van der Waals surface area (Å²) >= 11 is 4.36. The minimum absolute atomic E-state index is 0.994. The van der Waals surface area contributed by atoms with Gasteiger partial charge in [0, 0.05) is 4.91 Å². The molecule has 0 bridgehead atoms. The van der Waals surface area contributed by atoms with Crippen LogP contribution in [0.2, 0.25) is 0 Å². The fourth-order valence-corrected chi connectivity index (χ4v) is 1.13. The van der Waals surface area contributed by atoms with Gasteiger partial charge in [0.25, 0.3) is 0 Å². The van der Waals surface area contributed by atoms with E-state index in [0.717, 1.165) is 10.5 Å². The molecule has 0 N–H and O–H groups in total. The van der Waals surface area contributed by atoms with E-state index < -0.39 is 0 Å². The first-order chi connectivity index (χ1) is 5.84. The van der Waals surface area contributed by atoms with Crippen molar-refractivity contribution in [2.24, 2.45) is 0 Å². The summed E-state index contributed by atoms with van der Waals surface area (Å²) in [5.41, 5.74) is 1.15. The lowest BCUT2D eigenvalue weighted by molar-refractivity contribution is 1.65. The quantitative estimate of drug-likeness (QED) is 0.517. The molecule has 0 aromatic heterocycles. The van der Waals surface area contributed by atoms with Gasteiger partial charge < -0.3 is 0 Å². The molecule has 0 saturated heterocycles. The molecule has 0 saturated carbocycles. The van der Waals surface area contributed by atoms with E-state index in [4.69, 9.17) is 0 Å². The molecule has 1 heteroatoms. The highest BCUT2D eigenvalue weighted by atomic mass is 32.1. The largest absolute Gasteiger partial charge is 0.143 e. The normalized spacial score (nSPS) is 12.3. The number of thiol groups is 1. The van der Waals surface area contributed by atoms with Gasteiger partial charge in [0.1, 0.15) is 0 Å². The summed E-state index contributed by atoms with van der Waals surface area (Å²) in [5, 5.41) is 0. The molecule has 0 unspecified atom stereocenters. The van der Waals surface area contributed by atoms with Crippen LogP contribution in [-0.2, 0) is 0 Å². The Morgan fingerprint density at radius 3 is 2.50 bits per heavy atom. The summed E-state index contributed by atoms with van der Waals surface area (Å²) < 4.78 is 0. The van der Waals surface area contributed by atoms with E-state index in [1.165, 1.54) is 0 Å². The molecule has 0 spiro atoms. The molecule has 0 amide bonds. The SMILES string of the molecule is C/C=C/C=C(\S)c1ccccc1. The van der Waals surface area contributed by atoms with E-state index in [2.05, 4.69) is 12.6 Å². The molecule has 0 aliphatic heterocycles. The Morgan fingerprint density at radius 1 is 1.25 bits per heavy atom. The van der Waals surface area contributed by atoms with Crippen LogP contribution in [0.3, 0.4) is 0 Å². The van der Waals surface area contributed by atoms with Gasteiger partial charge in [-0.3, -0.25) is 0 Å². The summed E-state index contributed by atoms with van der Waals surface area (Å²) in [6.45, 7) is 1.99. The van der Waals surface area contributed by atoms with Gasteiger partial charge in [-0.1, -0.05) is 42.5 Å². The van der Waals surface area contributed by atoms with Gasteiger partial charge >= 0.3 is 0 Å². The molecule has 0 radical (unpaired) electrons. The predicted octanol–water partition coefficient (Wildman–Crippen LogP) is 3.53. The summed E-state index contributed by atoms with van der Waals surface area (Å²) in [5.74, 6) is 0. The second kappa shape index (κ2) is 4.83. The standard InChI is InChI=1S/C11H12S/c1-2-3-9-11(12)10-7-5-4-6-8-10/h2-9,12H,1H3/b3-2+,11-9-. The van der Waals surface area contributed by atoms with Crippen molar-refractivity contribution in [2.75, 3.05) is 0 Å². The second-order valence-corrected chi connectivity index (χ2v) is 2.93. The van der Waals surface area contributed by atoms with Crippen LogP contribution in [0, 0.1) is 0 Å². The van der Waals surface area contributed by atoms with E-state index >= 15 is 0 Å². The van der Waals surface area contributed by atoms with Gasteiger partial charge in [-0.05, 0) is 18.6 Å². The van der Waals surface area contributed by atoms with Crippen LogP contribution in [0.1, 0.15) is 12.5 Å². The molecular weight excluding hydrogens is 164 g/mol. The van der Waals surface area contributed by atoms with Gasteiger partial charge in [0.05, 0.1) is 0 Å². The Kier molecular flexibility index (Phi) is 3.68. The number of allylic oxidation sites excluding steroid dienone is 3.